The van der Waals surface area contributed by atoms with E-state index in [4.69, 9.17) is 4.74 Å². The van der Waals surface area contributed by atoms with E-state index in [0.29, 0.717) is 6.42 Å². The van der Waals surface area contributed by atoms with E-state index in [1.165, 1.54) is 58.3 Å². The van der Waals surface area contributed by atoms with Crippen LogP contribution < -0.4 is 0 Å². The number of ether oxygens (including phenoxy) is 1. The molecule has 0 saturated carbocycles. The molecule has 4 nitrogen and oxygen atoms in total. The minimum atomic E-state index is -1.69. The smallest absolute Gasteiger partial charge is 0.338 e. The zero-order chi connectivity index (χ0) is 18.3. The predicted molar refractivity (Wildman–Crippen MR) is 98.0 cm³/mol. The lowest BCUT2D eigenvalue weighted by Crippen LogP contribution is -2.39. The van der Waals surface area contributed by atoms with Crippen LogP contribution in [-0.2, 0) is 14.3 Å². The summed E-state index contributed by atoms with van der Waals surface area (Å²) in [5, 5.41) is 9.97. The zero-order valence-electron chi connectivity index (χ0n) is 16.1. The number of esters is 1. The number of Topliss-reactive ketones (excluding diaryl/α,β-unsaturated/α-hetero) is 1. The van der Waals surface area contributed by atoms with Gasteiger partial charge in [0.2, 0.25) is 0 Å². The Hall–Kier alpha value is -0.900. The topological polar surface area (TPSA) is 63.6 Å². The normalized spacial score (nSPS) is 13.5. The molecule has 0 bridgehead atoms. The molecule has 0 heterocycles. The van der Waals surface area contributed by atoms with Crippen molar-refractivity contribution in [2.24, 2.45) is 0 Å². The fraction of sp³-hybridized carbons (Fsp3) is 0.900. The van der Waals surface area contributed by atoms with Crippen molar-refractivity contribution in [3.63, 3.8) is 0 Å². The molecule has 0 aliphatic carbocycles. The second kappa shape index (κ2) is 14.4. The number of carbonyl (C=O) groups excluding carboxylic acids is 2. The number of carbonyl (C=O) groups is 2. The number of ketones is 1. The maximum absolute atomic E-state index is 11.9. The number of hydrogen-bond donors (Lipinski definition) is 1. The standard InChI is InChI=1S/C20H38O4/c1-4-6-7-8-9-10-11-12-13-14-15-16-18(21)17-20(3,23)19(22)24-5-2/h23H,4-17H2,1-3H3. The van der Waals surface area contributed by atoms with Crippen LogP contribution in [0.5, 0.6) is 0 Å². The maximum Gasteiger partial charge on any atom is 0.338 e. The molecule has 0 rings (SSSR count). The van der Waals surface area contributed by atoms with Crippen molar-refractivity contribution in [2.45, 2.75) is 110 Å². The molecule has 0 aliphatic rings. The van der Waals surface area contributed by atoms with Gasteiger partial charge in [-0.15, -0.1) is 0 Å². The van der Waals surface area contributed by atoms with Gasteiger partial charge in [0.1, 0.15) is 5.78 Å². The van der Waals surface area contributed by atoms with Crippen molar-refractivity contribution >= 4 is 11.8 Å². The molecule has 0 aliphatic heterocycles. The molecular weight excluding hydrogens is 304 g/mol. The molecular formula is C20H38O4. The van der Waals surface area contributed by atoms with Crippen molar-refractivity contribution in [3.8, 4) is 0 Å². The molecule has 4 heteroatoms. The van der Waals surface area contributed by atoms with Crippen molar-refractivity contribution in [3.05, 3.63) is 0 Å². The van der Waals surface area contributed by atoms with Gasteiger partial charge < -0.3 is 9.84 Å². The Kier molecular flexibility index (Phi) is 13.9. The van der Waals surface area contributed by atoms with E-state index in [9.17, 15) is 14.7 Å². The first kappa shape index (κ1) is 23.1. The summed E-state index contributed by atoms with van der Waals surface area (Å²) in [7, 11) is 0. The fourth-order valence-corrected chi connectivity index (χ4v) is 2.82. The first-order valence-electron chi connectivity index (χ1n) is 9.85. The van der Waals surface area contributed by atoms with E-state index in [1.54, 1.807) is 6.92 Å². The molecule has 0 aromatic rings. The van der Waals surface area contributed by atoms with Gasteiger partial charge in [0.05, 0.1) is 6.61 Å². The van der Waals surface area contributed by atoms with Crippen LogP contribution in [0.4, 0.5) is 0 Å². The lowest BCUT2D eigenvalue weighted by Gasteiger charge is -2.19. The summed E-state index contributed by atoms with van der Waals surface area (Å²) < 4.78 is 4.78. The molecule has 1 N–H and O–H groups in total. The summed E-state index contributed by atoms with van der Waals surface area (Å²) in [5.74, 6) is -0.777. The van der Waals surface area contributed by atoms with E-state index in [1.807, 2.05) is 0 Å². The first-order chi connectivity index (χ1) is 11.4. The van der Waals surface area contributed by atoms with Gasteiger partial charge in [-0.1, -0.05) is 71.1 Å². The van der Waals surface area contributed by atoms with Crippen LogP contribution in [0.3, 0.4) is 0 Å². The maximum atomic E-state index is 11.9. The molecule has 0 fully saturated rings. The molecule has 0 amide bonds. The minimum Gasteiger partial charge on any atom is -0.464 e. The van der Waals surface area contributed by atoms with Crippen molar-refractivity contribution < 1.29 is 19.4 Å². The third kappa shape index (κ3) is 12.5. The van der Waals surface area contributed by atoms with Gasteiger partial charge in [-0.3, -0.25) is 4.79 Å². The van der Waals surface area contributed by atoms with Gasteiger partial charge in [0, 0.05) is 12.8 Å². The Bertz CT molecular complexity index is 337. The molecule has 142 valence electrons. The Balaban J connectivity index is 3.54. The molecule has 24 heavy (non-hydrogen) atoms. The zero-order valence-corrected chi connectivity index (χ0v) is 16.1. The molecule has 1 unspecified atom stereocenters. The summed E-state index contributed by atoms with van der Waals surface area (Å²) in [5.41, 5.74) is -1.69. The van der Waals surface area contributed by atoms with Crippen molar-refractivity contribution in [1.29, 1.82) is 0 Å². The highest BCUT2D eigenvalue weighted by molar-refractivity contribution is 5.88. The highest BCUT2D eigenvalue weighted by Crippen LogP contribution is 2.16. The molecule has 0 radical (unpaired) electrons. The highest BCUT2D eigenvalue weighted by atomic mass is 16.5. The molecule has 1 atom stereocenters. The van der Waals surface area contributed by atoms with Crippen LogP contribution in [0.15, 0.2) is 0 Å². The number of rotatable bonds is 16. The van der Waals surface area contributed by atoms with Crippen LogP contribution >= 0.6 is 0 Å². The van der Waals surface area contributed by atoms with E-state index >= 15 is 0 Å². The average molecular weight is 343 g/mol. The SMILES string of the molecule is CCCCCCCCCCCCCC(=O)CC(C)(O)C(=O)OCC. The lowest BCUT2D eigenvalue weighted by atomic mass is 9.96. The number of hydrogen-bond acceptors (Lipinski definition) is 4. The van der Waals surface area contributed by atoms with Gasteiger partial charge in [0.15, 0.2) is 5.60 Å². The van der Waals surface area contributed by atoms with Crippen LogP contribution in [-0.4, -0.2) is 29.1 Å². The van der Waals surface area contributed by atoms with Gasteiger partial charge in [0.25, 0.3) is 0 Å². The van der Waals surface area contributed by atoms with Gasteiger partial charge in [-0.05, 0) is 20.3 Å². The number of unbranched alkanes of at least 4 members (excludes halogenated alkanes) is 10. The van der Waals surface area contributed by atoms with Gasteiger partial charge >= 0.3 is 5.97 Å². The minimum absolute atomic E-state index is 0.0658. The van der Waals surface area contributed by atoms with Gasteiger partial charge in [-0.2, -0.15) is 0 Å². The fourth-order valence-electron chi connectivity index (χ4n) is 2.82. The Labute approximate surface area is 148 Å². The summed E-state index contributed by atoms with van der Waals surface area (Å²) >= 11 is 0. The highest BCUT2D eigenvalue weighted by Gasteiger charge is 2.34. The van der Waals surface area contributed by atoms with Crippen LogP contribution in [0, 0.1) is 0 Å². The lowest BCUT2D eigenvalue weighted by molar-refractivity contribution is -0.165. The van der Waals surface area contributed by atoms with E-state index in [2.05, 4.69) is 6.92 Å². The second-order valence-electron chi connectivity index (χ2n) is 7.00. The summed E-state index contributed by atoms with van der Waals surface area (Å²) in [6.07, 6.45) is 13.9. The van der Waals surface area contributed by atoms with Crippen LogP contribution in [0.2, 0.25) is 0 Å². The second-order valence-corrected chi connectivity index (χ2v) is 7.00. The first-order valence-corrected chi connectivity index (χ1v) is 9.85. The van der Waals surface area contributed by atoms with E-state index in [-0.39, 0.29) is 18.8 Å². The third-order valence-electron chi connectivity index (χ3n) is 4.32. The monoisotopic (exact) mass is 342 g/mol. The Morgan fingerprint density at radius 3 is 1.75 bits per heavy atom. The van der Waals surface area contributed by atoms with Gasteiger partial charge in [-0.25, -0.2) is 4.79 Å². The Morgan fingerprint density at radius 2 is 1.29 bits per heavy atom. The third-order valence-corrected chi connectivity index (χ3v) is 4.32. The summed E-state index contributed by atoms with van der Waals surface area (Å²) in [4.78, 5) is 23.4. The Morgan fingerprint density at radius 1 is 0.833 bits per heavy atom. The number of aliphatic hydroxyl groups is 1. The quantitative estimate of drug-likeness (QED) is 0.318. The molecule has 0 aromatic carbocycles. The molecule has 0 saturated heterocycles. The largest absolute Gasteiger partial charge is 0.464 e. The van der Waals surface area contributed by atoms with Crippen molar-refractivity contribution in [1.82, 2.24) is 0 Å². The van der Waals surface area contributed by atoms with Crippen LogP contribution in [0.25, 0.3) is 0 Å². The summed E-state index contributed by atoms with van der Waals surface area (Å²) in [6.45, 7) is 5.48. The van der Waals surface area contributed by atoms with E-state index < -0.39 is 11.6 Å². The predicted octanol–water partition coefficient (Wildman–Crippen LogP) is 4.96. The van der Waals surface area contributed by atoms with Crippen molar-refractivity contribution in [2.75, 3.05) is 6.61 Å². The van der Waals surface area contributed by atoms with Crippen LogP contribution in [0.1, 0.15) is 104 Å². The average Bonchev–Trinajstić information content (AvgIpc) is 2.52. The molecule has 0 spiro atoms. The molecule has 0 aromatic heterocycles. The van der Waals surface area contributed by atoms with E-state index in [0.717, 1.165) is 19.3 Å². The summed E-state index contributed by atoms with van der Waals surface area (Å²) in [6, 6.07) is 0.